The van der Waals surface area contributed by atoms with Crippen LogP contribution in [0.4, 0.5) is 0 Å². The zero-order valence-corrected chi connectivity index (χ0v) is 18.0. The molecule has 0 aliphatic carbocycles. The molecule has 0 saturated heterocycles. The Balaban J connectivity index is 5.22. The third-order valence-corrected chi connectivity index (χ3v) is 7.42. The van der Waals surface area contributed by atoms with Crippen LogP contribution in [0.25, 0.3) is 0 Å². The lowest BCUT2D eigenvalue weighted by atomic mass is 9.61. The topological polar surface area (TPSA) is 69.7 Å². The molecule has 24 heavy (non-hydrogen) atoms. The van der Waals surface area contributed by atoms with Crippen LogP contribution in [0.5, 0.6) is 0 Å². The Kier molecular flexibility index (Phi) is 8.80. The Hall–Kier alpha value is -0.270. The second kappa shape index (κ2) is 8.90. The molecular weight excluding hydrogens is 348 g/mol. The second-order valence-corrected chi connectivity index (χ2v) is 10.7. The van der Waals surface area contributed by atoms with Gasteiger partial charge in [0, 0.05) is 10.5 Å². The quantitative estimate of drug-likeness (QED) is 0.307. The van der Waals surface area contributed by atoms with Gasteiger partial charge in [0.05, 0.1) is 25.4 Å². The molecule has 0 aromatic rings. The van der Waals surface area contributed by atoms with E-state index in [0.29, 0.717) is 12.2 Å². The molecule has 0 aromatic carbocycles. The van der Waals surface area contributed by atoms with Crippen molar-refractivity contribution < 1.29 is 22.1 Å². The van der Waals surface area contributed by atoms with Gasteiger partial charge < -0.3 is 4.74 Å². The van der Waals surface area contributed by atoms with Crippen molar-refractivity contribution in [3.05, 3.63) is 0 Å². The van der Waals surface area contributed by atoms with Crippen molar-refractivity contribution >= 4 is 27.8 Å². The summed E-state index contributed by atoms with van der Waals surface area (Å²) < 4.78 is 31.9. The van der Waals surface area contributed by atoms with Crippen LogP contribution >= 0.6 is 11.8 Å². The molecule has 0 aromatic heterocycles. The standard InChI is InChI=1S/C17H34O5S2/c1-9-15(3,4)17(6,14(18)21-7)13-16(5,10-2)23-12-11-22-24(8,19)20/h9-13H2,1-8H3. The molecule has 7 heteroatoms. The lowest BCUT2D eigenvalue weighted by Crippen LogP contribution is -2.47. The smallest absolute Gasteiger partial charge is 0.312 e. The first-order valence-electron chi connectivity index (χ1n) is 8.33. The Labute approximate surface area is 152 Å². The van der Waals surface area contributed by atoms with Crippen molar-refractivity contribution in [3.8, 4) is 0 Å². The van der Waals surface area contributed by atoms with Gasteiger partial charge in [0.25, 0.3) is 10.1 Å². The van der Waals surface area contributed by atoms with E-state index in [0.717, 1.165) is 19.1 Å². The Bertz CT molecular complexity index is 515. The summed E-state index contributed by atoms with van der Waals surface area (Å²) in [5, 5.41) is 0. The van der Waals surface area contributed by atoms with Gasteiger partial charge in [-0.25, -0.2) is 0 Å². The van der Waals surface area contributed by atoms with Crippen LogP contribution < -0.4 is 0 Å². The largest absolute Gasteiger partial charge is 0.469 e. The molecule has 0 radical (unpaired) electrons. The maximum absolute atomic E-state index is 12.6. The first-order valence-corrected chi connectivity index (χ1v) is 11.1. The van der Waals surface area contributed by atoms with Crippen LogP contribution in [-0.2, 0) is 23.8 Å². The molecule has 2 unspecified atom stereocenters. The van der Waals surface area contributed by atoms with Gasteiger partial charge in [0.2, 0.25) is 0 Å². The van der Waals surface area contributed by atoms with E-state index >= 15 is 0 Å². The summed E-state index contributed by atoms with van der Waals surface area (Å²) in [7, 11) is -1.98. The van der Waals surface area contributed by atoms with E-state index in [2.05, 4.69) is 34.6 Å². The van der Waals surface area contributed by atoms with E-state index in [1.807, 2.05) is 6.92 Å². The van der Waals surface area contributed by atoms with Crippen LogP contribution in [0.1, 0.15) is 60.8 Å². The number of thioether (sulfide) groups is 1. The Morgan fingerprint density at radius 3 is 2.00 bits per heavy atom. The highest BCUT2D eigenvalue weighted by molar-refractivity contribution is 8.00. The molecule has 2 atom stereocenters. The maximum Gasteiger partial charge on any atom is 0.312 e. The minimum atomic E-state index is -3.42. The van der Waals surface area contributed by atoms with Gasteiger partial charge >= 0.3 is 5.97 Å². The van der Waals surface area contributed by atoms with Crippen molar-refractivity contribution in [2.75, 3.05) is 25.7 Å². The minimum absolute atomic E-state index is 0.144. The molecule has 0 spiro atoms. The normalized spacial score (nSPS) is 17.8. The average molecular weight is 383 g/mol. The van der Waals surface area contributed by atoms with Gasteiger partial charge in [-0.1, -0.05) is 34.6 Å². The number of carbonyl (C=O) groups excluding carboxylic acids is 1. The van der Waals surface area contributed by atoms with E-state index in [1.165, 1.54) is 7.11 Å². The Morgan fingerprint density at radius 1 is 1.08 bits per heavy atom. The van der Waals surface area contributed by atoms with Crippen molar-refractivity contribution in [2.24, 2.45) is 10.8 Å². The number of ether oxygens (including phenoxy) is 1. The highest BCUT2D eigenvalue weighted by Crippen LogP contribution is 2.51. The fourth-order valence-electron chi connectivity index (χ4n) is 2.70. The average Bonchev–Trinajstić information content (AvgIpc) is 2.49. The lowest BCUT2D eigenvalue weighted by Gasteiger charge is -2.46. The molecule has 0 N–H and O–H groups in total. The van der Waals surface area contributed by atoms with E-state index in [-0.39, 0.29) is 22.7 Å². The first-order chi connectivity index (χ1) is 10.8. The van der Waals surface area contributed by atoms with Crippen molar-refractivity contribution in [1.29, 1.82) is 0 Å². The number of carbonyl (C=O) groups is 1. The Morgan fingerprint density at radius 2 is 1.62 bits per heavy atom. The highest BCUT2D eigenvalue weighted by atomic mass is 32.2. The first kappa shape index (κ1) is 23.7. The zero-order valence-electron chi connectivity index (χ0n) is 16.4. The van der Waals surface area contributed by atoms with Gasteiger partial charge in [-0.05, 0) is 31.6 Å². The molecule has 0 bridgehead atoms. The van der Waals surface area contributed by atoms with Crippen LogP contribution in [-0.4, -0.2) is 44.9 Å². The van der Waals surface area contributed by atoms with Crippen molar-refractivity contribution in [1.82, 2.24) is 0 Å². The fourth-order valence-corrected chi connectivity index (χ4v) is 4.45. The van der Waals surface area contributed by atoms with Gasteiger partial charge in [0.15, 0.2) is 0 Å². The molecule has 5 nitrogen and oxygen atoms in total. The summed E-state index contributed by atoms with van der Waals surface area (Å²) in [6.07, 6.45) is 3.44. The number of methoxy groups -OCH3 is 1. The summed E-state index contributed by atoms with van der Waals surface area (Å²) in [6.45, 7) is 12.6. The molecular formula is C17H34O5S2. The van der Waals surface area contributed by atoms with Crippen molar-refractivity contribution in [3.63, 3.8) is 0 Å². The lowest BCUT2D eigenvalue weighted by molar-refractivity contribution is -0.161. The van der Waals surface area contributed by atoms with E-state index in [1.54, 1.807) is 11.8 Å². The molecule has 0 fully saturated rings. The van der Waals surface area contributed by atoms with Gasteiger partial charge in [-0.3, -0.25) is 8.98 Å². The second-order valence-electron chi connectivity index (χ2n) is 7.42. The van der Waals surface area contributed by atoms with E-state index < -0.39 is 15.5 Å². The molecule has 0 saturated carbocycles. The third kappa shape index (κ3) is 6.56. The summed E-state index contributed by atoms with van der Waals surface area (Å²) in [6, 6.07) is 0. The highest BCUT2D eigenvalue weighted by Gasteiger charge is 2.50. The number of esters is 1. The number of hydrogen-bond acceptors (Lipinski definition) is 6. The van der Waals surface area contributed by atoms with Gasteiger partial charge in [0.1, 0.15) is 0 Å². The minimum Gasteiger partial charge on any atom is -0.469 e. The molecule has 0 heterocycles. The summed E-state index contributed by atoms with van der Waals surface area (Å²) in [5.41, 5.74) is -0.827. The van der Waals surface area contributed by atoms with E-state index in [9.17, 15) is 13.2 Å². The zero-order chi connectivity index (χ0) is 19.2. The summed E-state index contributed by atoms with van der Waals surface area (Å²) in [5.74, 6) is 0.364. The predicted octanol–water partition coefficient (Wildman–Crippen LogP) is 3.87. The van der Waals surface area contributed by atoms with Crippen LogP contribution in [0.2, 0.25) is 0 Å². The summed E-state index contributed by atoms with van der Waals surface area (Å²) >= 11 is 1.65. The van der Waals surface area contributed by atoms with Crippen LogP contribution in [0.3, 0.4) is 0 Å². The molecule has 144 valence electrons. The molecule has 0 aliphatic rings. The molecule has 0 rings (SSSR count). The molecule has 0 amide bonds. The van der Waals surface area contributed by atoms with E-state index in [4.69, 9.17) is 8.92 Å². The predicted molar refractivity (Wildman–Crippen MR) is 101 cm³/mol. The van der Waals surface area contributed by atoms with Crippen LogP contribution in [0.15, 0.2) is 0 Å². The van der Waals surface area contributed by atoms with Gasteiger partial charge in [-0.2, -0.15) is 20.2 Å². The molecule has 0 aliphatic heterocycles. The fraction of sp³-hybridized carbons (Fsp3) is 0.941. The van der Waals surface area contributed by atoms with Crippen LogP contribution in [0, 0.1) is 10.8 Å². The SMILES string of the molecule is CCC(C)(CC(C)(C(=O)OC)C(C)(C)CC)SCCOS(C)(=O)=O. The number of hydrogen-bond donors (Lipinski definition) is 0. The van der Waals surface area contributed by atoms with Gasteiger partial charge in [-0.15, -0.1) is 0 Å². The third-order valence-electron chi connectivity index (χ3n) is 5.32. The number of rotatable bonds is 11. The maximum atomic E-state index is 12.6. The summed E-state index contributed by atoms with van der Waals surface area (Å²) in [4.78, 5) is 12.6. The monoisotopic (exact) mass is 382 g/mol. The van der Waals surface area contributed by atoms with Crippen molar-refractivity contribution in [2.45, 2.75) is 65.6 Å².